The van der Waals surface area contributed by atoms with Crippen molar-refractivity contribution >= 4 is 0 Å². The van der Waals surface area contributed by atoms with Gasteiger partial charge >= 0.3 is 0 Å². The van der Waals surface area contributed by atoms with E-state index in [4.69, 9.17) is 5.53 Å². The van der Waals surface area contributed by atoms with Crippen LogP contribution >= 0.6 is 0 Å². The van der Waals surface area contributed by atoms with Crippen LogP contribution in [0.1, 0.15) is 24.1 Å². The highest BCUT2D eigenvalue weighted by molar-refractivity contribution is 5.26. The molecule has 0 saturated heterocycles. The van der Waals surface area contributed by atoms with Crippen molar-refractivity contribution < 1.29 is 4.39 Å². The van der Waals surface area contributed by atoms with E-state index in [1.807, 2.05) is 6.92 Å². The Hall–Kier alpha value is -1.54. The Morgan fingerprint density at radius 3 is 2.85 bits per heavy atom. The van der Waals surface area contributed by atoms with Crippen LogP contribution in [0.2, 0.25) is 0 Å². The van der Waals surface area contributed by atoms with Crippen molar-refractivity contribution in [3.05, 3.63) is 45.6 Å². The molecule has 4 heteroatoms. The molecule has 1 unspecified atom stereocenters. The molecule has 0 radical (unpaired) electrons. The summed E-state index contributed by atoms with van der Waals surface area (Å²) in [5.74, 6) is -0.328. The van der Waals surface area contributed by atoms with Crippen molar-refractivity contribution in [2.45, 2.75) is 19.9 Å². The Kier molecular flexibility index (Phi) is 2.88. The molecule has 0 spiro atoms. The van der Waals surface area contributed by atoms with Crippen LogP contribution in [0.4, 0.5) is 4.39 Å². The first-order chi connectivity index (χ1) is 6.15. The predicted octanol–water partition coefficient (Wildman–Crippen LogP) is 3.51. The lowest BCUT2D eigenvalue weighted by molar-refractivity contribution is 0.592. The molecule has 0 amide bonds. The summed E-state index contributed by atoms with van der Waals surface area (Å²) in [6.45, 7) is 3.53. The molecule has 0 N–H and O–H groups in total. The predicted molar refractivity (Wildman–Crippen MR) is 48.7 cm³/mol. The Morgan fingerprint density at radius 2 is 2.23 bits per heavy atom. The standard InChI is InChI=1S/C9H10FN3/c1-6-3-4-9(10)8(5-6)7(2)12-13-11/h3-5,7H,1-2H3. The number of rotatable bonds is 2. The molecule has 1 aromatic carbocycles. The topological polar surface area (TPSA) is 48.8 Å². The normalized spacial score (nSPS) is 11.9. The van der Waals surface area contributed by atoms with Gasteiger partial charge in [0, 0.05) is 4.91 Å². The molecule has 0 heterocycles. The first kappa shape index (κ1) is 9.55. The molecule has 0 aromatic heterocycles. The van der Waals surface area contributed by atoms with Gasteiger partial charge in [0.15, 0.2) is 0 Å². The minimum Gasteiger partial charge on any atom is -0.207 e. The second-order valence-electron chi connectivity index (χ2n) is 2.91. The highest BCUT2D eigenvalue weighted by Crippen LogP contribution is 2.21. The Labute approximate surface area is 75.8 Å². The SMILES string of the molecule is Cc1ccc(F)c(C(C)N=[N+]=[N-])c1. The largest absolute Gasteiger partial charge is 0.207 e. The number of hydrogen-bond acceptors (Lipinski definition) is 1. The summed E-state index contributed by atoms with van der Waals surface area (Å²) in [7, 11) is 0. The van der Waals surface area contributed by atoms with E-state index in [-0.39, 0.29) is 5.82 Å². The van der Waals surface area contributed by atoms with Crippen LogP contribution in [0.3, 0.4) is 0 Å². The van der Waals surface area contributed by atoms with E-state index >= 15 is 0 Å². The van der Waals surface area contributed by atoms with Crippen LogP contribution in [-0.4, -0.2) is 0 Å². The van der Waals surface area contributed by atoms with Crippen LogP contribution < -0.4 is 0 Å². The van der Waals surface area contributed by atoms with E-state index in [0.717, 1.165) is 5.56 Å². The van der Waals surface area contributed by atoms with Crippen LogP contribution in [0, 0.1) is 12.7 Å². The first-order valence-electron chi connectivity index (χ1n) is 3.95. The zero-order valence-electron chi connectivity index (χ0n) is 7.53. The number of azide groups is 1. The summed E-state index contributed by atoms with van der Waals surface area (Å²) in [4.78, 5) is 2.64. The number of nitrogens with zero attached hydrogens (tertiary/aromatic N) is 3. The van der Waals surface area contributed by atoms with Gasteiger partial charge in [-0.25, -0.2) is 4.39 Å². The summed E-state index contributed by atoms with van der Waals surface area (Å²) in [5.41, 5.74) is 9.59. The van der Waals surface area contributed by atoms with Gasteiger partial charge in [0.05, 0.1) is 6.04 Å². The lowest BCUT2D eigenvalue weighted by Gasteiger charge is -2.06. The van der Waals surface area contributed by atoms with E-state index in [9.17, 15) is 4.39 Å². The average Bonchev–Trinajstić information content (AvgIpc) is 2.09. The van der Waals surface area contributed by atoms with Crippen molar-refractivity contribution in [1.29, 1.82) is 0 Å². The van der Waals surface area contributed by atoms with Crippen molar-refractivity contribution in [2.75, 3.05) is 0 Å². The third kappa shape index (κ3) is 2.20. The van der Waals surface area contributed by atoms with Crippen molar-refractivity contribution in [3.63, 3.8) is 0 Å². The molecule has 13 heavy (non-hydrogen) atoms. The van der Waals surface area contributed by atoms with E-state index in [0.29, 0.717) is 5.56 Å². The molecule has 1 rings (SSSR count). The zero-order valence-corrected chi connectivity index (χ0v) is 7.53. The Bertz CT molecular complexity index is 356. The molecule has 1 aromatic rings. The molecule has 0 aliphatic carbocycles. The summed E-state index contributed by atoms with van der Waals surface area (Å²) in [6, 6.07) is 4.30. The van der Waals surface area contributed by atoms with E-state index in [1.54, 1.807) is 19.1 Å². The second-order valence-corrected chi connectivity index (χ2v) is 2.91. The molecule has 1 atom stereocenters. The Balaban J connectivity index is 3.12. The van der Waals surface area contributed by atoms with Crippen molar-refractivity contribution in [1.82, 2.24) is 0 Å². The highest BCUT2D eigenvalue weighted by Gasteiger charge is 2.08. The van der Waals surface area contributed by atoms with Gasteiger partial charge in [-0.1, -0.05) is 29.7 Å². The van der Waals surface area contributed by atoms with Crippen LogP contribution in [0.15, 0.2) is 23.3 Å². The maximum absolute atomic E-state index is 13.2. The minimum atomic E-state index is -0.454. The van der Waals surface area contributed by atoms with E-state index < -0.39 is 6.04 Å². The van der Waals surface area contributed by atoms with Crippen LogP contribution in [0.25, 0.3) is 10.4 Å². The van der Waals surface area contributed by atoms with E-state index in [1.165, 1.54) is 6.07 Å². The van der Waals surface area contributed by atoms with Gasteiger partial charge in [0.1, 0.15) is 5.82 Å². The second kappa shape index (κ2) is 3.92. The fourth-order valence-electron chi connectivity index (χ4n) is 1.12. The quantitative estimate of drug-likeness (QED) is 0.379. The molecule has 0 aliphatic heterocycles. The van der Waals surface area contributed by atoms with Crippen molar-refractivity contribution in [2.24, 2.45) is 5.11 Å². The maximum atomic E-state index is 13.2. The van der Waals surface area contributed by atoms with Crippen molar-refractivity contribution in [3.8, 4) is 0 Å². The third-order valence-corrected chi connectivity index (χ3v) is 1.83. The fraction of sp³-hybridized carbons (Fsp3) is 0.333. The molecular weight excluding hydrogens is 169 g/mol. The summed E-state index contributed by atoms with van der Waals surface area (Å²) < 4.78 is 13.2. The van der Waals surface area contributed by atoms with E-state index in [2.05, 4.69) is 10.0 Å². The van der Waals surface area contributed by atoms with Gasteiger partial charge < -0.3 is 0 Å². The van der Waals surface area contributed by atoms with Gasteiger partial charge in [0.2, 0.25) is 0 Å². The number of aryl methyl sites for hydroxylation is 1. The van der Waals surface area contributed by atoms with Gasteiger partial charge in [-0.2, -0.15) is 0 Å². The highest BCUT2D eigenvalue weighted by atomic mass is 19.1. The first-order valence-corrected chi connectivity index (χ1v) is 3.95. The number of hydrogen-bond donors (Lipinski definition) is 0. The van der Waals surface area contributed by atoms with Crippen LogP contribution in [0.5, 0.6) is 0 Å². The fourth-order valence-corrected chi connectivity index (χ4v) is 1.12. The monoisotopic (exact) mass is 179 g/mol. The average molecular weight is 179 g/mol. The number of benzene rings is 1. The van der Waals surface area contributed by atoms with Gasteiger partial charge in [-0.3, -0.25) is 0 Å². The summed E-state index contributed by atoms with van der Waals surface area (Å²) in [6.07, 6.45) is 0. The maximum Gasteiger partial charge on any atom is 0.126 e. The van der Waals surface area contributed by atoms with Gasteiger partial charge in [0.25, 0.3) is 0 Å². The minimum absolute atomic E-state index is 0.328. The lowest BCUT2D eigenvalue weighted by atomic mass is 10.1. The molecule has 3 nitrogen and oxygen atoms in total. The lowest BCUT2D eigenvalue weighted by Crippen LogP contribution is -1.94. The van der Waals surface area contributed by atoms with Gasteiger partial charge in [-0.15, -0.1) is 0 Å². The van der Waals surface area contributed by atoms with Crippen LogP contribution in [-0.2, 0) is 0 Å². The molecule has 68 valence electrons. The Morgan fingerprint density at radius 1 is 1.54 bits per heavy atom. The third-order valence-electron chi connectivity index (χ3n) is 1.83. The number of halogens is 1. The molecule has 0 aliphatic rings. The van der Waals surface area contributed by atoms with Gasteiger partial charge in [-0.05, 0) is 24.1 Å². The summed E-state index contributed by atoms with van der Waals surface area (Å²) >= 11 is 0. The molecule has 0 bridgehead atoms. The zero-order chi connectivity index (χ0) is 9.84. The molecule has 0 fully saturated rings. The molecule has 0 saturated carbocycles. The smallest absolute Gasteiger partial charge is 0.126 e. The summed E-state index contributed by atoms with van der Waals surface area (Å²) in [5, 5.41) is 3.44. The molecular formula is C9H10FN3.